The number of Topliss-reactive ketones (excluding diaryl/α,β-unsaturated/α-hetero) is 1. The van der Waals surface area contributed by atoms with Crippen LogP contribution in [0.1, 0.15) is 17.7 Å². The van der Waals surface area contributed by atoms with Gasteiger partial charge in [0.15, 0.2) is 11.7 Å². The van der Waals surface area contributed by atoms with Crippen molar-refractivity contribution in [3.63, 3.8) is 0 Å². The number of para-hydroxylation sites is 1. The van der Waals surface area contributed by atoms with Crippen LogP contribution in [0.4, 0.5) is 0 Å². The highest BCUT2D eigenvalue weighted by molar-refractivity contribution is 6.19. The van der Waals surface area contributed by atoms with E-state index in [2.05, 4.69) is 10.4 Å². The Morgan fingerprint density at radius 1 is 1.25 bits per heavy atom. The Kier molecular flexibility index (Phi) is 5.53. The van der Waals surface area contributed by atoms with Crippen molar-refractivity contribution in [1.29, 1.82) is 0 Å². The van der Waals surface area contributed by atoms with Crippen LogP contribution in [0.25, 0.3) is 5.69 Å². The topological polar surface area (TPSA) is 122 Å². The molecule has 1 unspecified atom stereocenters. The molecule has 1 aromatic carbocycles. The Labute approximate surface area is 160 Å². The third-order valence-electron chi connectivity index (χ3n) is 4.66. The number of nitrogens with one attached hydrogen (secondary N) is 1. The van der Waals surface area contributed by atoms with Gasteiger partial charge in [-0.2, -0.15) is 5.10 Å². The van der Waals surface area contributed by atoms with Crippen molar-refractivity contribution in [2.75, 3.05) is 13.1 Å². The first-order valence-electron chi connectivity index (χ1n) is 8.78. The second kappa shape index (κ2) is 8.03. The van der Waals surface area contributed by atoms with Gasteiger partial charge in [-0.1, -0.05) is 18.2 Å². The quantitative estimate of drug-likeness (QED) is 0.691. The van der Waals surface area contributed by atoms with Crippen molar-refractivity contribution in [1.82, 2.24) is 20.0 Å². The number of nitrogens with zero attached hydrogens (tertiary/aromatic N) is 3. The Hall–Kier alpha value is -3.49. The standard InChI is InChI=1S/C19H20N4O5/c1-12-13(9-21-23(12)14-5-3-2-4-6-14)11-22-8-7-15(24)17(19(22)28)18(27)20-10-16(25)26/h2-6,9,17H,7-8,10-11H2,1H3,(H,20,27)(H,25,26). The minimum Gasteiger partial charge on any atom is -0.480 e. The minimum atomic E-state index is -1.50. The maximum atomic E-state index is 12.7. The monoisotopic (exact) mass is 384 g/mol. The molecule has 2 aromatic rings. The molecular weight excluding hydrogens is 364 g/mol. The molecule has 1 aromatic heterocycles. The van der Waals surface area contributed by atoms with E-state index in [0.717, 1.165) is 16.9 Å². The Morgan fingerprint density at radius 3 is 2.64 bits per heavy atom. The molecule has 9 heteroatoms. The number of aromatic nitrogens is 2. The predicted molar refractivity (Wildman–Crippen MR) is 97.5 cm³/mol. The molecule has 1 aliphatic heterocycles. The maximum Gasteiger partial charge on any atom is 0.322 e. The summed E-state index contributed by atoms with van der Waals surface area (Å²) in [5, 5.41) is 15.1. The minimum absolute atomic E-state index is 0.0444. The molecule has 2 heterocycles. The van der Waals surface area contributed by atoms with Gasteiger partial charge in [0, 0.05) is 30.8 Å². The van der Waals surface area contributed by atoms with Crippen molar-refractivity contribution < 1.29 is 24.3 Å². The van der Waals surface area contributed by atoms with Gasteiger partial charge >= 0.3 is 5.97 Å². The highest BCUT2D eigenvalue weighted by atomic mass is 16.4. The van der Waals surface area contributed by atoms with Crippen LogP contribution in [-0.2, 0) is 25.7 Å². The van der Waals surface area contributed by atoms with Crippen LogP contribution < -0.4 is 5.32 Å². The zero-order valence-electron chi connectivity index (χ0n) is 15.3. The third kappa shape index (κ3) is 3.93. The van der Waals surface area contributed by atoms with E-state index in [-0.39, 0.29) is 19.5 Å². The van der Waals surface area contributed by atoms with E-state index in [1.165, 1.54) is 4.90 Å². The van der Waals surface area contributed by atoms with Crippen LogP contribution in [0.5, 0.6) is 0 Å². The Morgan fingerprint density at radius 2 is 1.96 bits per heavy atom. The number of carboxylic acids is 1. The van der Waals surface area contributed by atoms with Crippen LogP contribution in [0.2, 0.25) is 0 Å². The number of carbonyl (C=O) groups excluding carboxylic acids is 3. The lowest BCUT2D eigenvalue weighted by molar-refractivity contribution is -0.152. The average Bonchev–Trinajstić information content (AvgIpc) is 3.03. The molecule has 0 radical (unpaired) electrons. The molecular formula is C19H20N4O5. The third-order valence-corrected chi connectivity index (χ3v) is 4.66. The first-order valence-corrected chi connectivity index (χ1v) is 8.78. The molecule has 9 nitrogen and oxygen atoms in total. The smallest absolute Gasteiger partial charge is 0.322 e. The lowest BCUT2D eigenvalue weighted by Crippen LogP contribution is -2.52. The first-order chi connectivity index (χ1) is 13.4. The van der Waals surface area contributed by atoms with E-state index in [0.29, 0.717) is 0 Å². The van der Waals surface area contributed by atoms with E-state index in [1.807, 2.05) is 37.3 Å². The van der Waals surface area contributed by atoms with Gasteiger partial charge in [0.2, 0.25) is 11.8 Å². The van der Waals surface area contributed by atoms with Crippen molar-refractivity contribution in [2.45, 2.75) is 19.9 Å². The molecule has 0 bridgehead atoms. The number of piperidine rings is 1. The molecule has 1 saturated heterocycles. The summed E-state index contributed by atoms with van der Waals surface area (Å²) >= 11 is 0. The van der Waals surface area contributed by atoms with Gasteiger partial charge in [-0.25, -0.2) is 4.68 Å². The number of aliphatic carboxylic acids is 1. The number of carbonyl (C=O) groups is 4. The largest absolute Gasteiger partial charge is 0.480 e. The summed E-state index contributed by atoms with van der Waals surface area (Å²) < 4.78 is 1.76. The number of carboxylic acid groups (broad SMARTS) is 1. The number of benzene rings is 1. The van der Waals surface area contributed by atoms with Crippen molar-refractivity contribution in [3.05, 3.63) is 47.8 Å². The van der Waals surface area contributed by atoms with Gasteiger partial charge in [-0.15, -0.1) is 0 Å². The van der Waals surface area contributed by atoms with Crippen molar-refractivity contribution in [2.24, 2.45) is 5.92 Å². The van der Waals surface area contributed by atoms with Crippen LogP contribution in [0.3, 0.4) is 0 Å². The van der Waals surface area contributed by atoms with E-state index in [9.17, 15) is 19.2 Å². The van der Waals surface area contributed by atoms with Crippen molar-refractivity contribution >= 4 is 23.6 Å². The second-order valence-electron chi connectivity index (χ2n) is 6.52. The SMILES string of the molecule is Cc1c(CN2CCC(=O)C(C(=O)NCC(=O)O)C2=O)cnn1-c1ccccc1. The average molecular weight is 384 g/mol. The van der Waals surface area contributed by atoms with Crippen LogP contribution >= 0.6 is 0 Å². The van der Waals surface area contributed by atoms with Gasteiger partial charge in [-0.05, 0) is 19.1 Å². The fraction of sp³-hybridized carbons (Fsp3) is 0.316. The van der Waals surface area contributed by atoms with Gasteiger partial charge < -0.3 is 15.3 Å². The lowest BCUT2D eigenvalue weighted by atomic mass is 9.94. The molecule has 1 fully saturated rings. The Bertz CT molecular complexity index is 922. The van der Waals surface area contributed by atoms with Gasteiger partial charge in [-0.3, -0.25) is 19.2 Å². The van der Waals surface area contributed by atoms with E-state index in [1.54, 1.807) is 10.9 Å². The highest BCUT2D eigenvalue weighted by Crippen LogP contribution is 2.21. The summed E-state index contributed by atoms with van der Waals surface area (Å²) in [4.78, 5) is 48.9. The van der Waals surface area contributed by atoms with Crippen LogP contribution in [0.15, 0.2) is 36.5 Å². The van der Waals surface area contributed by atoms with E-state index >= 15 is 0 Å². The Balaban J connectivity index is 1.75. The zero-order valence-corrected chi connectivity index (χ0v) is 15.3. The van der Waals surface area contributed by atoms with Crippen LogP contribution in [0, 0.1) is 12.8 Å². The number of hydrogen-bond donors (Lipinski definition) is 2. The summed E-state index contributed by atoms with van der Waals surface area (Å²) in [7, 11) is 0. The number of hydrogen-bond acceptors (Lipinski definition) is 5. The normalized spacial score (nSPS) is 16.9. The molecule has 0 saturated carbocycles. The first kappa shape index (κ1) is 19.3. The molecule has 0 aliphatic carbocycles. The summed E-state index contributed by atoms with van der Waals surface area (Å²) in [6, 6.07) is 9.53. The molecule has 0 spiro atoms. The number of amides is 2. The number of rotatable bonds is 6. The molecule has 1 aliphatic rings. The molecule has 3 rings (SSSR count). The fourth-order valence-electron chi connectivity index (χ4n) is 3.13. The van der Waals surface area contributed by atoms with Gasteiger partial charge in [0.05, 0.1) is 11.9 Å². The van der Waals surface area contributed by atoms with Gasteiger partial charge in [0.25, 0.3) is 0 Å². The fourth-order valence-corrected chi connectivity index (χ4v) is 3.13. The van der Waals surface area contributed by atoms with E-state index in [4.69, 9.17) is 5.11 Å². The highest BCUT2D eigenvalue weighted by Gasteiger charge is 2.40. The lowest BCUT2D eigenvalue weighted by Gasteiger charge is -2.30. The summed E-state index contributed by atoms with van der Waals surface area (Å²) in [6.45, 7) is 1.66. The van der Waals surface area contributed by atoms with E-state index < -0.39 is 36.0 Å². The summed E-state index contributed by atoms with van der Waals surface area (Å²) in [5.41, 5.74) is 2.54. The molecule has 2 amide bonds. The summed E-state index contributed by atoms with van der Waals surface area (Å²) in [6.07, 6.45) is 1.70. The number of likely N-dealkylation sites (tertiary alicyclic amines) is 1. The number of ketones is 1. The molecule has 146 valence electrons. The zero-order chi connectivity index (χ0) is 20.3. The van der Waals surface area contributed by atoms with Gasteiger partial charge in [0.1, 0.15) is 6.54 Å². The maximum absolute atomic E-state index is 12.7. The molecule has 28 heavy (non-hydrogen) atoms. The second-order valence-corrected chi connectivity index (χ2v) is 6.52. The molecule has 1 atom stereocenters. The molecule has 2 N–H and O–H groups in total. The summed E-state index contributed by atoms with van der Waals surface area (Å²) in [5.74, 6) is -4.74. The van der Waals surface area contributed by atoms with Crippen LogP contribution in [-0.4, -0.2) is 56.4 Å². The van der Waals surface area contributed by atoms with Crippen molar-refractivity contribution in [3.8, 4) is 5.69 Å². The predicted octanol–water partition coefficient (Wildman–Crippen LogP) is 0.299.